The predicted molar refractivity (Wildman–Crippen MR) is 128 cm³/mol. The van der Waals surface area contributed by atoms with Crippen LogP contribution in [0.15, 0.2) is 60.2 Å². The zero-order valence-electron chi connectivity index (χ0n) is 19.5. The summed E-state index contributed by atoms with van der Waals surface area (Å²) in [5, 5.41) is 14.6. The van der Waals surface area contributed by atoms with Gasteiger partial charge in [0.25, 0.3) is 0 Å². The molecule has 0 radical (unpaired) electrons. The number of fused-ring (bicyclic) bond motifs is 3. The fourth-order valence-electron chi connectivity index (χ4n) is 4.50. The molecule has 0 aliphatic heterocycles. The molecule has 34 heavy (non-hydrogen) atoms. The average molecular weight is 463 g/mol. The zero-order valence-corrected chi connectivity index (χ0v) is 19.5. The first-order valence-electron chi connectivity index (χ1n) is 11.6. The molecule has 7 heteroatoms. The third-order valence-electron chi connectivity index (χ3n) is 6.45. The minimum atomic E-state index is -0.955. The summed E-state index contributed by atoms with van der Waals surface area (Å²) in [7, 11) is 0. The highest BCUT2D eigenvalue weighted by Crippen LogP contribution is 2.44. The fraction of sp³-hybridized carbons (Fsp3) is 0.370. The quantitative estimate of drug-likeness (QED) is 0.480. The predicted octanol–water partition coefficient (Wildman–Crippen LogP) is 4.37. The third kappa shape index (κ3) is 5.30. The summed E-state index contributed by atoms with van der Waals surface area (Å²) < 4.78 is 5.59. The van der Waals surface area contributed by atoms with Crippen molar-refractivity contribution >= 4 is 18.0 Å². The number of ether oxygens (including phenoxy) is 1. The fourth-order valence-corrected chi connectivity index (χ4v) is 4.50. The van der Waals surface area contributed by atoms with Gasteiger partial charge >= 0.3 is 12.1 Å². The summed E-state index contributed by atoms with van der Waals surface area (Å²) in [5.41, 5.74) is 4.80. The Morgan fingerprint density at radius 2 is 1.65 bits per heavy atom. The Balaban J connectivity index is 1.42. The first kappa shape index (κ1) is 23.5. The van der Waals surface area contributed by atoms with Gasteiger partial charge in [-0.15, -0.1) is 0 Å². The van der Waals surface area contributed by atoms with Gasteiger partial charge in [-0.2, -0.15) is 0 Å². The van der Waals surface area contributed by atoms with Crippen molar-refractivity contribution in [3.05, 3.63) is 71.3 Å². The second-order valence-electron chi connectivity index (χ2n) is 9.38. The number of carboxylic acids is 1. The van der Waals surface area contributed by atoms with Crippen molar-refractivity contribution in [2.24, 2.45) is 0 Å². The number of rotatable bonds is 9. The molecule has 3 N–H and O–H groups in total. The van der Waals surface area contributed by atoms with Gasteiger partial charge in [-0.3, -0.25) is 9.59 Å². The lowest BCUT2D eigenvalue weighted by molar-refractivity contribution is -0.138. The van der Waals surface area contributed by atoms with Crippen molar-refractivity contribution in [3.8, 4) is 11.1 Å². The van der Waals surface area contributed by atoms with Gasteiger partial charge < -0.3 is 20.5 Å². The van der Waals surface area contributed by atoms with E-state index >= 15 is 0 Å². The molecule has 4 rings (SSSR count). The maximum Gasteiger partial charge on any atom is 0.407 e. The molecule has 2 aliphatic carbocycles. The van der Waals surface area contributed by atoms with E-state index in [0.717, 1.165) is 27.8 Å². The van der Waals surface area contributed by atoms with Crippen molar-refractivity contribution in [3.63, 3.8) is 0 Å². The Bertz CT molecular complexity index is 1090. The second-order valence-corrected chi connectivity index (χ2v) is 9.38. The Kier molecular flexibility index (Phi) is 6.72. The smallest absolute Gasteiger partial charge is 0.407 e. The Labute approximate surface area is 199 Å². The second kappa shape index (κ2) is 9.71. The van der Waals surface area contributed by atoms with Crippen LogP contribution in [0.25, 0.3) is 11.1 Å². The van der Waals surface area contributed by atoms with Crippen LogP contribution in [0.5, 0.6) is 0 Å². The Hall–Kier alpha value is -3.61. The molecule has 2 amide bonds. The summed E-state index contributed by atoms with van der Waals surface area (Å²) in [6.45, 7) is 3.98. The van der Waals surface area contributed by atoms with Crippen molar-refractivity contribution in [2.45, 2.75) is 57.0 Å². The van der Waals surface area contributed by atoms with E-state index in [9.17, 15) is 14.4 Å². The summed E-state index contributed by atoms with van der Waals surface area (Å²) in [4.78, 5) is 36.8. The van der Waals surface area contributed by atoms with E-state index in [1.54, 1.807) is 0 Å². The Morgan fingerprint density at radius 3 is 2.18 bits per heavy atom. The summed E-state index contributed by atoms with van der Waals surface area (Å²) in [5.74, 6) is -1.43. The zero-order chi connectivity index (χ0) is 24.3. The van der Waals surface area contributed by atoms with Crippen LogP contribution in [-0.2, 0) is 14.3 Å². The number of carbonyl (C=O) groups is 3. The molecule has 0 saturated heterocycles. The Morgan fingerprint density at radius 1 is 1.06 bits per heavy atom. The number of carboxylic acid groups (broad SMARTS) is 1. The molecule has 1 saturated carbocycles. The van der Waals surface area contributed by atoms with Crippen LogP contribution in [0.3, 0.4) is 0 Å². The van der Waals surface area contributed by atoms with E-state index in [1.165, 1.54) is 0 Å². The van der Waals surface area contributed by atoms with E-state index in [0.29, 0.717) is 19.3 Å². The van der Waals surface area contributed by atoms with Gasteiger partial charge in [-0.1, -0.05) is 60.2 Å². The lowest BCUT2D eigenvalue weighted by Gasteiger charge is -2.22. The minimum absolute atomic E-state index is 0.0755. The molecule has 0 bridgehead atoms. The number of benzene rings is 2. The van der Waals surface area contributed by atoms with Gasteiger partial charge in [0, 0.05) is 5.92 Å². The van der Waals surface area contributed by atoms with Crippen molar-refractivity contribution in [1.82, 2.24) is 10.6 Å². The molecule has 0 aromatic heterocycles. The van der Waals surface area contributed by atoms with Crippen LogP contribution in [0.1, 0.15) is 56.6 Å². The lowest BCUT2D eigenvalue weighted by Crippen LogP contribution is -2.51. The number of hydrogen-bond acceptors (Lipinski definition) is 4. The van der Waals surface area contributed by atoms with Gasteiger partial charge in [0.2, 0.25) is 5.91 Å². The largest absolute Gasteiger partial charge is 0.481 e. The molecule has 2 aromatic rings. The molecule has 0 spiro atoms. The van der Waals surface area contributed by atoms with Crippen LogP contribution in [0.2, 0.25) is 0 Å². The lowest BCUT2D eigenvalue weighted by atomic mass is 9.98. The molecule has 7 nitrogen and oxygen atoms in total. The first-order chi connectivity index (χ1) is 16.3. The highest BCUT2D eigenvalue weighted by Gasteiger charge is 2.46. The van der Waals surface area contributed by atoms with E-state index in [-0.39, 0.29) is 18.9 Å². The van der Waals surface area contributed by atoms with Gasteiger partial charge in [0.1, 0.15) is 12.6 Å². The van der Waals surface area contributed by atoms with Crippen LogP contribution >= 0.6 is 0 Å². The monoisotopic (exact) mass is 462 g/mol. The average Bonchev–Trinajstić information content (AvgIpc) is 3.46. The van der Waals surface area contributed by atoms with E-state index < -0.39 is 29.6 Å². The topological polar surface area (TPSA) is 105 Å². The van der Waals surface area contributed by atoms with Gasteiger partial charge in [-0.25, -0.2) is 4.79 Å². The molecule has 2 aliphatic rings. The van der Waals surface area contributed by atoms with E-state index in [4.69, 9.17) is 9.84 Å². The summed E-state index contributed by atoms with van der Waals surface area (Å²) in [6, 6.07) is 15.3. The van der Waals surface area contributed by atoms with Crippen molar-refractivity contribution in [2.75, 3.05) is 6.61 Å². The normalized spacial score (nSPS) is 15.9. The number of allylic oxidation sites excluding steroid dienone is 1. The molecule has 0 heterocycles. The number of nitrogens with one attached hydrogen (secondary N) is 2. The highest BCUT2D eigenvalue weighted by atomic mass is 16.5. The van der Waals surface area contributed by atoms with E-state index in [1.807, 2.05) is 56.3 Å². The number of amides is 2. The maximum atomic E-state index is 12.9. The molecular weight excluding hydrogens is 432 g/mol. The van der Waals surface area contributed by atoms with Crippen molar-refractivity contribution in [1.29, 1.82) is 0 Å². The molecule has 1 unspecified atom stereocenters. The first-order valence-corrected chi connectivity index (χ1v) is 11.6. The number of alkyl carbamates (subject to hydrolysis) is 1. The van der Waals surface area contributed by atoms with Crippen molar-refractivity contribution < 1.29 is 24.2 Å². The SMILES string of the molecule is CC(C)=CCC(NC(=O)OCC1c2ccccc2-c2ccccc21)C(=O)NC1(CC(=O)O)CC1. The van der Waals surface area contributed by atoms with Gasteiger partial charge in [0.15, 0.2) is 0 Å². The standard InChI is InChI=1S/C27H30N2O5/c1-17(2)11-12-23(25(32)29-27(13-14-27)15-24(30)31)28-26(33)34-16-22-20-9-5-3-7-18(20)19-8-4-6-10-21(19)22/h3-11,22-23H,12-16H2,1-2H3,(H,28,33)(H,29,32)(H,30,31). The minimum Gasteiger partial charge on any atom is -0.481 e. The van der Waals surface area contributed by atoms with Gasteiger partial charge in [0.05, 0.1) is 12.0 Å². The maximum absolute atomic E-state index is 12.9. The van der Waals surface area contributed by atoms with Crippen LogP contribution in [0, 0.1) is 0 Å². The number of hydrogen-bond donors (Lipinski definition) is 3. The van der Waals surface area contributed by atoms with E-state index in [2.05, 4.69) is 22.8 Å². The van der Waals surface area contributed by atoms with Crippen LogP contribution < -0.4 is 10.6 Å². The highest BCUT2D eigenvalue weighted by molar-refractivity contribution is 5.87. The number of carbonyl (C=O) groups excluding carboxylic acids is 2. The third-order valence-corrected chi connectivity index (χ3v) is 6.45. The molecule has 178 valence electrons. The van der Waals surface area contributed by atoms with Crippen LogP contribution in [0.4, 0.5) is 4.79 Å². The summed E-state index contributed by atoms with van der Waals surface area (Å²) >= 11 is 0. The summed E-state index contributed by atoms with van der Waals surface area (Å²) in [6.07, 6.45) is 2.59. The molecule has 1 fully saturated rings. The molecular formula is C27H30N2O5. The van der Waals surface area contributed by atoms with Crippen LogP contribution in [-0.4, -0.2) is 41.3 Å². The number of aliphatic carboxylic acids is 1. The molecule has 1 atom stereocenters. The molecule has 2 aromatic carbocycles. The van der Waals surface area contributed by atoms with Gasteiger partial charge in [-0.05, 0) is 55.4 Å².